The molecule has 1 aromatic heterocycles. The molecule has 2 heterocycles. The van der Waals surface area contributed by atoms with Crippen molar-refractivity contribution in [3.05, 3.63) is 18.2 Å². The number of nitrogens with one attached hydrogen (secondary N) is 2. The van der Waals surface area contributed by atoms with Gasteiger partial charge in [0.05, 0.1) is 12.4 Å². The molecule has 0 aromatic carbocycles. The van der Waals surface area contributed by atoms with Crippen molar-refractivity contribution in [2.24, 2.45) is 0 Å². The number of imidazole rings is 1. The van der Waals surface area contributed by atoms with Crippen LogP contribution >= 0.6 is 0 Å². The van der Waals surface area contributed by atoms with Crippen molar-refractivity contribution < 1.29 is 14.7 Å². The van der Waals surface area contributed by atoms with Crippen LogP contribution in [0.25, 0.3) is 0 Å². The molecule has 1 atom stereocenters. The number of carbonyl (C=O) groups excluding carboxylic acids is 1. The Morgan fingerprint density at radius 2 is 2.44 bits per heavy atom. The topological polar surface area (TPSA) is 96.2 Å². The zero-order chi connectivity index (χ0) is 13.0. The quantitative estimate of drug-likeness (QED) is 0.653. The molecule has 1 saturated heterocycles. The van der Waals surface area contributed by atoms with Gasteiger partial charge < -0.3 is 20.3 Å². The van der Waals surface area contributed by atoms with Crippen molar-refractivity contribution in [1.29, 1.82) is 0 Å². The van der Waals surface area contributed by atoms with Crippen LogP contribution in [-0.2, 0) is 11.3 Å². The average molecular weight is 252 g/mol. The number of hydrogen-bond donors (Lipinski definition) is 3. The number of carboxylic acids is 1. The molecule has 0 radical (unpaired) electrons. The Kier molecular flexibility index (Phi) is 3.93. The second-order valence-electron chi connectivity index (χ2n) is 4.24. The third-order valence-corrected chi connectivity index (χ3v) is 2.90. The normalized spacial score (nSPS) is 18.8. The average Bonchev–Trinajstić information content (AvgIpc) is 3.00. The Hall–Kier alpha value is -1.89. The summed E-state index contributed by atoms with van der Waals surface area (Å²) in [5.41, 5.74) is 0.0128. The van der Waals surface area contributed by atoms with Crippen molar-refractivity contribution >= 4 is 11.9 Å². The summed E-state index contributed by atoms with van der Waals surface area (Å²) in [7, 11) is 0. The highest BCUT2D eigenvalue weighted by Gasteiger charge is 2.21. The van der Waals surface area contributed by atoms with Crippen LogP contribution in [0, 0.1) is 0 Å². The number of carboxylic acid groups (broad SMARTS) is 1. The fourth-order valence-corrected chi connectivity index (χ4v) is 1.93. The molecule has 3 N–H and O–H groups in total. The summed E-state index contributed by atoms with van der Waals surface area (Å²) in [6.07, 6.45) is 4.80. The van der Waals surface area contributed by atoms with Gasteiger partial charge in [0.1, 0.15) is 0 Å². The van der Waals surface area contributed by atoms with E-state index in [4.69, 9.17) is 5.11 Å². The van der Waals surface area contributed by atoms with Crippen LogP contribution in [0.1, 0.15) is 23.3 Å². The van der Waals surface area contributed by atoms with Crippen LogP contribution < -0.4 is 10.6 Å². The molecule has 98 valence electrons. The maximum absolute atomic E-state index is 11.7. The highest BCUT2D eigenvalue weighted by molar-refractivity contribution is 5.84. The summed E-state index contributed by atoms with van der Waals surface area (Å²) in [4.78, 5) is 26.0. The summed E-state index contributed by atoms with van der Waals surface area (Å²) >= 11 is 0. The molecule has 0 saturated carbocycles. The second-order valence-corrected chi connectivity index (χ2v) is 4.24. The minimum atomic E-state index is -1.05. The van der Waals surface area contributed by atoms with Gasteiger partial charge in [-0.05, 0) is 19.4 Å². The molecule has 1 aromatic rings. The van der Waals surface area contributed by atoms with Gasteiger partial charge in [0.15, 0.2) is 5.69 Å². The van der Waals surface area contributed by atoms with Crippen LogP contribution in [-0.4, -0.2) is 45.7 Å². The predicted octanol–water partition coefficient (Wildman–Crippen LogP) is -0.550. The predicted molar refractivity (Wildman–Crippen MR) is 63.2 cm³/mol. The Labute approximate surface area is 104 Å². The van der Waals surface area contributed by atoms with E-state index in [1.54, 1.807) is 4.57 Å². The van der Waals surface area contributed by atoms with E-state index in [1.807, 2.05) is 0 Å². The minimum absolute atomic E-state index is 0.00562. The zero-order valence-electron chi connectivity index (χ0n) is 9.93. The molecule has 18 heavy (non-hydrogen) atoms. The molecule has 0 spiro atoms. The van der Waals surface area contributed by atoms with E-state index in [9.17, 15) is 9.59 Å². The molecule has 0 bridgehead atoms. The smallest absolute Gasteiger partial charge is 0.356 e. The number of carbonyl (C=O) groups is 2. The highest BCUT2D eigenvalue weighted by Crippen LogP contribution is 2.04. The van der Waals surface area contributed by atoms with Gasteiger partial charge in [-0.25, -0.2) is 9.78 Å². The monoisotopic (exact) mass is 252 g/mol. The highest BCUT2D eigenvalue weighted by atomic mass is 16.4. The molecular weight excluding hydrogens is 236 g/mol. The fraction of sp³-hybridized carbons (Fsp3) is 0.545. The van der Waals surface area contributed by atoms with Crippen LogP contribution in [0.5, 0.6) is 0 Å². The van der Waals surface area contributed by atoms with Crippen LogP contribution in [0.15, 0.2) is 12.5 Å². The fourth-order valence-electron chi connectivity index (χ4n) is 1.93. The second kappa shape index (κ2) is 5.63. The molecular formula is C11H16N4O3. The number of amides is 1. The first kappa shape index (κ1) is 12.6. The van der Waals surface area contributed by atoms with Crippen molar-refractivity contribution in [2.45, 2.75) is 25.4 Å². The molecule has 7 nitrogen and oxygen atoms in total. The standard InChI is InChI=1S/C11H16N4O3/c16-10(8-2-1-3-12-8)13-4-5-15-6-9(11(17)18)14-7-15/h6-8,12H,1-5H2,(H,13,16)(H,17,18). The maximum Gasteiger partial charge on any atom is 0.356 e. The van der Waals surface area contributed by atoms with E-state index < -0.39 is 5.97 Å². The van der Waals surface area contributed by atoms with Gasteiger partial charge in [-0.3, -0.25) is 4.79 Å². The summed E-state index contributed by atoms with van der Waals surface area (Å²) in [5.74, 6) is -1.04. The Bertz CT molecular complexity index is 437. The molecule has 1 unspecified atom stereocenters. The maximum atomic E-state index is 11.7. The van der Waals surface area contributed by atoms with E-state index >= 15 is 0 Å². The number of aromatic carboxylic acids is 1. The first-order valence-electron chi connectivity index (χ1n) is 5.93. The number of hydrogen-bond acceptors (Lipinski definition) is 4. The van der Waals surface area contributed by atoms with Crippen LogP contribution in [0.3, 0.4) is 0 Å². The SMILES string of the molecule is O=C(O)c1cn(CCNC(=O)C2CCCN2)cn1. The van der Waals surface area contributed by atoms with Crippen LogP contribution in [0.2, 0.25) is 0 Å². The third-order valence-electron chi connectivity index (χ3n) is 2.90. The molecule has 1 amide bonds. The first-order chi connectivity index (χ1) is 8.66. The zero-order valence-corrected chi connectivity index (χ0v) is 9.93. The lowest BCUT2D eigenvalue weighted by Crippen LogP contribution is -2.41. The number of rotatable bonds is 5. The van der Waals surface area contributed by atoms with Crippen molar-refractivity contribution in [2.75, 3.05) is 13.1 Å². The molecule has 1 aliphatic rings. The Morgan fingerprint density at radius 3 is 3.06 bits per heavy atom. The summed E-state index contributed by atoms with van der Waals surface area (Å²) in [5, 5.41) is 14.6. The van der Waals surface area contributed by atoms with Gasteiger partial charge in [0.25, 0.3) is 0 Å². The van der Waals surface area contributed by atoms with Crippen molar-refractivity contribution in [1.82, 2.24) is 20.2 Å². The van der Waals surface area contributed by atoms with E-state index in [1.165, 1.54) is 12.5 Å². The van der Waals surface area contributed by atoms with Gasteiger partial charge in [0.2, 0.25) is 5.91 Å². The number of aromatic nitrogens is 2. The van der Waals surface area contributed by atoms with E-state index in [0.717, 1.165) is 19.4 Å². The number of nitrogens with zero attached hydrogens (tertiary/aromatic N) is 2. The van der Waals surface area contributed by atoms with Crippen LogP contribution in [0.4, 0.5) is 0 Å². The van der Waals surface area contributed by atoms with E-state index in [2.05, 4.69) is 15.6 Å². The molecule has 0 aliphatic carbocycles. The van der Waals surface area contributed by atoms with Gasteiger partial charge in [0, 0.05) is 19.3 Å². The lowest BCUT2D eigenvalue weighted by atomic mass is 10.2. The first-order valence-corrected chi connectivity index (χ1v) is 5.93. The Balaban J connectivity index is 1.74. The summed E-state index contributed by atoms with van der Waals surface area (Å²) in [6.45, 7) is 1.87. The molecule has 1 aliphatic heterocycles. The largest absolute Gasteiger partial charge is 0.476 e. The van der Waals surface area contributed by atoms with Crippen molar-refractivity contribution in [3.63, 3.8) is 0 Å². The van der Waals surface area contributed by atoms with Gasteiger partial charge in [-0.15, -0.1) is 0 Å². The molecule has 1 fully saturated rings. The lowest BCUT2D eigenvalue weighted by Gasteiger charge is -2.10. The van der Waals surface area contributed by atoms with E-state index in [0.29, 0.717) is 13.1 Å². The van der Waals surface area contributed by atoms with Gasteiger partial charge in [-0.1, -0.05) is 0 Å². The summed E-state index contributed by atoms with van der Waals surface area (Å²) in [6, 6.07) is -0.0811. The summed E-state index contributed by atoms with van der Waals surface area (Å²) < 4.78 is 1.64. The van der Waals surface area contributed by atoms with Crippen molar-refractivity contribution in [3.8, 4) is 0 Å². The Morgan fingerprint density at radius 1 is 1.61 bits per heavy atom. The molecule has 2 rings (SSSR count). The van der Waals surface area contributed by atoms with Gasteiger partial charge in [-0.2, -0.15) is 0 Å². The molecule has 7 heteroatoms. The van der Waals surface area contributed by atoms with E-state index in [-0.39, 0.29) is 17.6 Å². The van der Waals surface area contributed by atoms with Gasteiger partial charge >= 0.3 is 5.97 Å². The third kappa shape index (κ3) is 3.07. The lowest BCUT2D eigenvalue weighted by molar-refractivity contribution is -0.122. The minimum Gasteiger partial charge on any atom is -0.476 e.